The number of hydrogen-bond acceptors (Lipinski definition) is 3. The van der Waals surface area contributed by atoms with Crippen molar-refractivity contribution in [3.8, 4) is 0 Å². The summed E-state index contributed by atoms with van der Waals surface area (Å²) in [5.41, 5.74) is 3.51. The number of carbonyl (C=O) groups excluding carboxylic acids is 1. The summed E-state index contributed by atoms with van der Waals surface area (Å²) in [6.07, 6.45) is 4.35. The van der Waals surface area contributed by atoms with E-state index in [9.17, 15) is 4.79 Å². The number of halogens is 1. The molecule has 2 aromatic carbocycles. The maximum Gasteiger partial charge on any atom is 0.289 e. The molecule has 0 radical (unpaired) electrons. The number of rotatable bonds is 7. The number of piperidine rings is 1. The van der Waals surface area contributed by atoms with Gasteiger partial charge in [-0.3, -0.25) is 9.69 Å². The van der Waals surface area contributed by atoms with Crippen LogP contribution >= 0.6 is 11.6 Å². The van der Waals surface area contributed by atoms with Gasteiger partial charge in [-0.25, -0.2) is 0 Å². The molecular formula is C28H30ClN3O2. The summed E-state index contributed by atoms with van der Waals surface area (Å²) in [5, 5.41) is 2.01. The summed E-state index contributed by atoms with van der Waals surface area (Å²) in [7, 11) is 1.89. The van der Waals surface area contributed by atoms with E-state index >= 15 is 0 Å². The number of nitrogens with one attached hydrogen (secondary N) is 1. The Labute approximate surface area is 205 Å². The Kier molecular flexibility index (Phi) is 6.75. The molecule has 0 aliphatic carbocycles. The van der Waals surface area contributed by atoms with Crippen LogP contribution in [-0.2, 0) is 13.0 Å². The quantitative estimate of drug-likeness (QED) is 0.356. The lowest BCUT2D eigenvalue weighted by Crippen LogP contribution is -2.47. The van der Waals surface area contributed by atoms with Crippen molar-refractivity contribution in [3.63, 3.8) is 0 Å². The molecule has 0 spiro atoms. The molecule has 6 heteroatoms. The number of para-hydroxylation sites is 1. The van der Waals surface area contributed by atoms with E-state index in [1.165, 1.54) is 16.6 Å². The zero-order valence-corrected chi connectivity index (χ0v) is 20.2. The van der Waals surface area contributed by atoms with Gasteiger partial charge in [0.25, 0.3) is 5.91 Å². The minimum absolute atomic E-state index is 0.0488. The molecule has 5 rings (SSSR count). The molecule has 0 saturated carbocycles. The van der Waals surface area contributed by atoms with Crippen LogP contribution in [0.25, 0.3) is 10.9 Å². The van der Waals surface area contributed by atoms with Gasteiger partial charge in [-0.1, -0.05) is 48.0 Å². The molecule has 0 bridgehead atoms. The maximum atomic E-state index is 13.1. The topological polar surface area (TPSA) is 52.5 Å². The van der Waals surface area contributed by atoms with E-state index in [0.717, 1.165) is 49.5 Å². The van der Waals surface area contributed by atoms with E-state index in [0.29, 0.717) is 11.7 Å². The molecule has 1 saturated heterocycles. The van der Waals surface area contributed by atoms with Crippen LogP contribution in [0.1, 0.15) is 34.7 Å². The number of aromatic nitrogens is 1. The van der Waals surface area contributed by atoms with Crippen molar-refractivity contribution in [2.45, 2.75) is 31.8 Å². The van der Waals surface area contributed by atoms with E-state index in [1.54, 1.807) is 18.4 Å². The number of furan rings is 1. The van der Waals surface area contributed by atoms with Gasteiger partial charge in [0, 0.05) is 35.9 Å². The zero-order valence-electron chi connectivity index (χ0n) is 19.4. The Hall–Kier alpha value is -3.02. The highest BCUT2D eigenvalue weighted by Crippen LogP contribution is 2.30. The van der Waals surface area contributed by atoms with Crippen molar-refractivity contribution in [1.82, 2.24) is 14.8 Å². The van der Waals surface area contributed by atoms with Gasteiger partial charge < -0.3 is 14.3 Å². The average Bonchev–Trinajstić information content (AvgIpc) is 3.53. The highest BCUT2D eigenvalue weighted by Gasteiger charge is 2.33. The average molecular weight is 476 g/mol. The lowest BCUT2D eigenvalue weighted by molar-refractivity contribution is 0.0555. The number of hydrogen-bond donors (Lipinski definition) is 1. The minimum atomic E-state index is -0.0810. The summed E-state index contributed by atoms with van der Waals surface area (Å²) < 4.78 is 5.41. The molecule has 1 aliphatic heterocycles. The summed E-state index contributed by atoms with van der Waals surface area (Å²) in [5.74, 6) is 0.685. The number of amides is 1. The normalized spacial score (nSPS) is 16.1. The van der Waals surface area contributed by atoms with Crippen LogP contribution < -0.4 is 0 Å². The molecule has 5 nitrogen and oxygen atoms in total. The monoisotopic (exact) mass is 475 g/mol. The zero-order chi connectivity index (χ0) is 23.5. The lowest BCUT2D eigenvalue weighted by atomic mass is 9.84. The highest BCUT2D eigenvalue weighted by atomic mass is 35.5. The largest absolute Gasteiger partial charge is 0.459 e. The summed E-state index contributed by atoms with van der Waals surface area (Å²) in [6, 6.07) is 22.1. The second-order valence-electron chi connectivity index (χ2n) is 9.25. The van der Waals surface area contributed by atoms with Crippen molar-refractivity contribution in [3.05, 3.63) is 95.0 Å². The van der Waals surface area contributed by atoms with Crippen LogP contribution in [-0.4, -0.2) is 46.9 Å². The first-order chi connectivity index (χ1) is 16.6. The molecule has 1 amide bonds. The maximum absolute atomic E-state index is 13.1. The second kappa shape index (κ2) is 10.1. The Bertz CT molecular complexity index is 1210. The first kappa shape index (κ1) is 22.8. The molecule has 4 aromatic rings. The number of benzene rings is 2. The molecule has 3 heterocycles. The van der Waals surface area contributed by atoms with Crippen molar-refractivity contribution in [1.29, 1.82) is 0 Å². The van der Waals surface area contributed by atoms with Crippen molar-refractivity contribution in [2.75, 3.05) is 20.1 Å². The fourth-order valence-corrected chi connectivity index (χ4v) is 5.40. The molecule has 34 heavy (non-hydrogen) atoms. The molecule has 2 aromatic heterocycles. The number of likely N-dealkylation sites (tertiary alicyclic amines) is 1. The van der Waals surface area contributed by atoms with Gasteiger partial charge in [0.1, 0.15) is 0 Å². The fraction of sp³-hybridized carbons (Fsp3) is 0.321. The van der Waals surface area contributed by atoms with Gasteiger partial charge in [0.15, 0.2) is 5.76 Å². The smallest absolute Gasteiger partial charge is 0.289 e. The Morgan fingerprint density at radius 2 is 1.88 bits per heavy atom. The first-order valence-electron chi connectivity index (χ1n) is 11.9. The van der Waals surface area contributed by atoms with Crippen LogP contribution in [0.2, 0.25) is 5.02 Å². The third-order valence-electron chi connectivity index (χ3n) is 7.09. The standard InChI is InChI=1S/C28H30ClN3O2/c1-31(28(33)27-11-6-16-34-27)26(18-21-7-2-4-9-24(21)29)20-12-14-32(15-13-20)19-23-17-22-8-3-5-10-25(22)30-23/h2-11,16-17,20,26,30H,12-15,18-19H2,1H3/t26-/m1/s1. The number of likely N-dealkylation sites (N-methyl/N-ethyl adjacent to an activating group) is 1. The summed E-state index contributed by atoms with van der Waals surface area (Å²) >= 11 is 6.50. The predicted octanol–water partition coefficient (Wildman–Crippen LogP) is 6.01. The Balaban J connectivity index is 1.29. The van der Waals surface area contributed by atoms with E-state index in [2.05, 4.69) is 46.3 Å². The SMILES string of the molecule is CN(C(=O)c1ccco1)[C@H](Cc1ccccc1Cl)C1CCN(Cc2cc3ccccc3[nH]2)CC1. The van der Waals surface area contributed by atoms with Gasteiger partial charge in [-0.05, 0) is 79.6 Å². The van der Waals surface area contributed by atoms with Gasteiger partial charge in [-0.15, -0.1) is 0 Å². The van der Waals surface area contributed by atoms with E-state index < -0.39 is 0 Å². The van der Waals surface area contributed by atoms with Gasteiger partial charge in [0.05, 0.1) is 6.26 Å². The third kappa shape index (κ3) is 4.91. The van der Waals surface area contributed by atoms with Crippen molar-refractivity contribution >= 4 is 28.4 Å². The number of nitrogens with zero attached hydrogens (tertiary/aromatic N) is 2. The number of aromatic amines is 1. The first-order valence-corrected chi connectivity index (χ1v) is 12.3. The van der Waals surface area contributed by atoms with Crippen LogP contribution in [0.4, 0.5) is 0 Å². The van der Waals surface area contributed by atoms with Crippen molar-refractivity contribution in [2.24, 2.45) is 5.92 Å². The van der Waals surface area contributed by atoms with Crippen LogP contribution in [0.15, 0.2) is 77.4 Å². The molecule has 1 aliphatic rings. The van der Waals surface area contributed by atoms with Crippen LogP contribution in [0, 0.1) is 5.92 Å². The van der Waals surface area contributed by atoms with Gasteiger partial charge >= 0.3 is 0 Å². The molecular weight excluding hydrogens is 446 g/mol. The Morgan fingerprint density at radius 1 is 1.12 bits per heavy atom. The van der Waals surface area contributed by atoms with Crippen LogP contribution in [0.5, 0.6) is 0 Å². The number of fused-ring (bicyclic) bond motifs is 1. The van der Waals surface area contributed by atoms with E-state index in [-0.39, 0.29) is 11.9 Å². The lowest BCUT2D eigenvalue weighted by Gasteiger charge is -2.40. The van der Waals surface area contributed by atoms with E-state index in [4.69, 9.17) is 16.0 Å². The van der Waals surface area contributed by atoms with E-state index in [1.807, 2.05) is 30.1 Å². The number of H-pyrrole nitrogens is 1. The summed E-state index contributed by atoms with van der Waals surface area (Å²) in [6.45, 7) is 2.92. The molecule has 176 valence electrons. The van der Waals surface area contributed by atoms with Gasteiger partial charge in [-0.2, -0.15) is 0 Å². The molecule has 1 atom stereocenters. The minimum Gasteiger partial charge on any atom is -0.459 e. The van der Waals surface area contributed by atoms with Gasteiger partial charge in [0.2, 0.25) is 0 Å². The van der Waals surface area contributed by atoms with Crippen LogP contribution in [0.3, 0.4) is 0 Å². The molecule has 1 N–H and O–H groups in total. The second-order valence-corrected chi connectivity index (χ2v) is 9.66. The van der Waals surface area contributed by atoms with Crippen molar-refractivity contribution < 1.29 is 9.21 Å². The predicted molar refractivity (Wildman–Crippen MR) is 136 cm³/mol. The third-order valence-corrected chi connectivity index (χ3v) is 7.46. The highest BCUT2D eigenvalue weighted by molar-refractivity contribution is 6.31. The molecule has 0 unspecified atom stereocenters. The Morgan fingerprint density at radius 3 is 2.62 bits per heavy atom. The number of carbonyl (C=O) groups is 1. The fourth-order valence-electron chi connectivity index (χ4n) is 5.19. The summed E-state index contributed by atoms with van der Waals surface area (Å²) in [4.78, 5) is 21.0. The molecule has 1 fully saturated rings.